The molecule has 0 aliphatic rings. The van der Waals surface area contributed by atoms with Gasteiger partial charge in [-0.1, -0.05) is 6.92 Å². The number of anilines is 1. The van der Waals surface area contributed by atoms with Crippen molar-refractivity contribution >= 4 is 23.5 Å². The molecule has 0 saturated heterocycles. The molecule has 0 atom stereocenters. The van der Waals surface area contributed by atoms with Crippen LogP contribution in [0.15, 0.2) is 42.5 Å². The molecule has 0 aliphatic carbocycles. The molecule has 0 spiro atoms. The normalized spacial score (nSPS) is 9.96. The predicted molar refractivity (Wildman–Crippen MR) is 101 cm³/mol. The van der Waals surface area contributed by atoms with Gasteiger partial charge in [0, 0.05) is 17.7 Å². The van der Waals surface area contributed by atoms with Gasteiger partial charge in [-0.15, -0.1) is 0 Å². The number of carbonyl (C=O) groups is 3. The number of hydrogen-bond acceptors (Lipinski definition) is 7. The lowest BCUT2D eigenvalue weighted by atomic mass is 10.1. The standard InChI is InChI=1S/C20H21NO7/c1-4-18(22)28-16-10-5-13(11-17(16)25-2)20(24)21-14-6-8-15(9-7-14)27-12-19(23)26-3/h5-11H,4,12H2,1-3H3,(H,21,24). The van der Waals surface area contributed by atoms with E-state index >= 15 is 0 Å². The molecule has 0 bridgehead atoms. The molecule has 0 aromatic heterocycles. The average Bonchev–Trinajstić information content (AvgIpc) is 2.72. The second-order valence-electron chi connectivity index (χ2n) is 5.54. The molecule has 0 saturated carbocycles. The van der Waals surface area contributed by atoms with Gasteiger partial charge >= 0.3 is 11.9 Å². The molecular formula is C20H21NO7. The lowest BCUT2D eigenvalue weighted by Gasteiger charge is -2.11. The van der Waals surface area contributed by atoms with E-state index in [2.05, 4.69) is 10.1 Å². The Balaban J connectivity index is 2.04. The van der Waals surface area contributed by atoms with Gasteiger partial charge in [0.1, 0.15) is 5.75 Å². The summed E-state index contributed by atoms with van der Waals surface area (Å²) < 4.78 is 20.1. The quantitative estimate of drug-likeness (QED) is 0.549. The van der Waals surface area contributed by atoms with E-state index in [0.717, 1.165) is 0 Å². The predicted octanol–water partition coefficient (Wildman–Crippen LogP) is 2.81. The molecule has 148 valence electrons. The maximum Gasteiger partial charge on any atom is 0.343 e. The Morgan fingerprint density at radius 2 is 1.64 bits per heavy atom. The third-order valence-electron chi connectivity index (χ3n) is 3.63. The van der Waals surface area contributed by atoms with E-state index in [4.69, 9.17) is 14.2 Å². The number of hydrogen-bond donors (Lipinski definition) is 1. The smallest absolute Gasteiger partial charge is 0.343 e. The molecule has 0 heterocycles. The first kappa shape index (κ1) is 20.8. The van der Waals surface area contributed by atoms with Crippen LogP contribution in [-0.4, -0.2) is 38.7 Å². The van der Waals surface area contributed by atoms with Crippen LogP contribution < -0.4 is 19.5 Å². The van der Waals surface area contributed by atoms with Crippen molar-refractivity contribution in [3.8, 4) is 17.2 Å². The summed E-state index contributed by atoms with van der Waals surface area (Å²) in [5.41, 5.74) is 0.870. The van der Waals surface area contributed by atoms with Crippen molar-refractivity contribution in [2.24, 2.45) is 0 Å². The third-order valence-corrected chi connectivity index (χ3v) is 3.63. The minimum atomic E-state index is -0.487. The van der Waals surface area contributed by atoms with Crippen LogP contribution in [0.25, 0.3) is 0 Å². The van der Waals surface area contributed by atoms with Crippen LogP contribution in [-0.2, 0) is 14.3 Å². The van der Waals surface area contributed by atoms with E-state index in [1.165, 1.54) is 32.4 Å². The molecule has 2 aromatic rings. The summed E-state index contributed by atoms with van der Waals surface area (Å²) >= 11 is 0. The SMILES string of the molecule is CCC(=O)Oc1ccc(C(=O)Nc2ccc(OCC(=O)OC)cc2)cc1OC. The summed E-state index contributed by atoms with van der Waals surface area (Å²) in [5, 5.41) is 2.73. The molecule has 28 heavy (non-hydrogen) atoms. The molecule has 2 aromatic carbocycles. The molecule has 0 unspecified atom stereocenters. The lowest BCUT2D eigenvalue weighted by Crippen LogP contribution is -2.13. The van der Waals surface area contributed by atoms with E-state index in [-0.39, 0.29) is 30.4 Å². The first-order valence-electron chi connectivity index (χ1n) is 8.46. The van der Waals surface area contributed by atoms with Crippen molar-refractivity contribution in [1.29, 1.82) is 0 Å². The van der Waals surface area contributed by atoms with Gasteiger partial charge in [0.15, 0.2) is 18.1 Å². The van der Waals surface area contributed by atoms with E-state index in [9.17, 15) is 14.4 Å². The number of benzene rings is 2. The Hall–Kier alpha value is -3.55. The zero-order valence-electron chi connectivity index (χ0n) is 15.8. The van der Waals surface area contributed by atoms with Gasteiger partial charge in [0.25, 0.3) is 5.91 Å². The minimum Gasteiger partial charge on any atom is -0.493 e. The van der Waals surface area contributed by atoms with E-state index in [1.807, 2.05) is 0 Å². The molecule has 0 aliphatic heterocycles. The van der Waals surface area contributed by atoms with Gasteiger partial charge in [0.05, 0.1) is 14.2 Å². The topological polar surface area (TPSA) is 100 Å². The molecule has 1 amide bonds. The highest BCUT2D eigenvalue weighted by molar-refractivity contribution is 6.04. The number of carbonyl (C=O) groups excluding carboxylic acids is 3. The fraction of sp³-hybridized carbons (Fsp3) is 0.250. The molecule has 8 heteroatoms. The summed E-state index contributed by atoms with van der Waals surface area (Å²) in [6, 6.07) is 11.0. The van der Waals surface area contributed by atoms with Crippen LogP contribution in [0, 0.1) is 0 Å². The van der Waals surface area contributed by atoms with Crippen molar-refractivity contribution in [2.75, 3.05) is 26.1 Å². The first-order valence-corrected chi connectivity index (χ1v) is 8.46. The molecule has 2 rings (SSSR count). The average molecular weight is 387 g/mol. The molecule has 8 nitrogen and oxygen atoms in total. The largest absolute Gasteiger partial charge is 0.493 e. The van der Waals surface area contributed by atoms with E-state index in [0.29, 0.717) is 17.0 Å². The van der Waals surface area contributed by atoms with Crippen LogP contribution in [0.1, 0.15) is 23.7 Å². The van der Waals surface area contributed by atoms with E-state index in [1.54, 1.807) is 31.2 Å². The Kier molecular flexibility index (Phi) is 7.38. The van der Waals surface area contributed by atoms with Gasteiger partial charge in [-0.3, -0.25) is 9.59 Å². The Bertz CT molecular complexity index is 846. The summed E-state index contributed by atoms with van der Waals surface area (Å²) in [6.07, 6.45) is 0.227. The van der Waals surface area contributed by atoms with Crippen LogP contribution >= 0.6 is 0 Å². The second-order valence-corrected chi connectivity index (χ2v) is 5.54. The van der Waals surface area contributed by atoms with Crippen molar-refractivity contribution in [1.82, 2.24) is 0 Å². The number of nitrogens with one attached hydrogen (secondary N) is 1. The summed E-state index contributed by atoms with van der Waals surface area (Å²) in [7, 11) is 2.70. The van der Waals surface area contributed by atoms with Gasteiger partial charge in [-0.2, -0.15) is 0 Å². The molecule has 0 fully saturated rings. The number of methoxy groups -OCH3 is 2. The fourth-order valence-electron chi connectivity index (χ4n) is 2.13. The van der Waals surface area contributed by atoms with Crippen LogP contribution in [0.4, 0.5) is 5.69 Å². The summed E-state index contributed by atoms with van der Waals surface area (Å²) in [4.78, 5) is 35.0. The van der Waals surface area contributed by atoms with Gasteiger partial charge in [-0.25, -0.2) is 4.79 Å². The summed E-state index contributed by atoms with van der Waals surface area (Å²) in [5.74, 6) is -0.259. The second kappa shape index (κ2) is 9.96. The number of amides is 1. The maximum atomic E-state index is 12.4. The Morgan fingerprint density at radius 3 is 2.25 bits per heavy atom. The van der Waals surface area contributed by atoms with E-state index < -0.39 is 11.9 Å². The molecular weight excluding hydrogens is 366 g/mol. The van der Waals surface area contributed by atoms with Crippen LogP contribution in [0.3, 0.4) is 0 Å². The van der Waals surface area contributed by atoms with Crippen molar-refractivity contribution in [2.45, 2.75) is 13.3 Å². The maximum absolute atomic E-state index is 12.4. The number of esters is 2. The van der Waals surface area contributed by atoms with Crippen molar-refractivity contribution < 1.29 is 33.3 Å². The Morgan fingerprint density at radius 1 is 0.929 bits per heavy atom. The third kappa shape index (κ3) is 5.73. The Labute approximate surface area is 162 Å². The molecule has 1 N–H and O–H groups in total. The van der Waals surface area contributed by atoms with Crippen molar-refractivity contribution in [3.05, 3.63) is 48.0 Å². The molecule has 0 radical (unpaired) electrons. The highest BCUT2D eigenvalue weighted by atomic mass is 16.6. The zero-order valence-corrected chi connectivity index (χ0v) is 15.8. The van der Waals surface area contributed by atoms with Gasteiger partial charge < -0.3 is 24.3 Å². The van der Waals surface area contributed by atoms with Crippen molar-refractivity contribution in [3.63, 3.8) is 0 Å². The first-order chi connectivity index (χ1) is 13.5. The number of rotatable bonds is 8. The highest BCUT2D eigenvalue weighted by Gasteiger charge is 2.13. The lowest BCUT2D eigenvalue weighted by molar-refractivity contribution is -0.143. The van der Waals surface area contributed by atoms with Crippen LogP contribution in [0.2, 0.25) is 0 Å². The highest BCUT2D eigenvalue weighted by Crippen LogP contribution is 2.29. The van der Waals surface area contributed by atoms with Gasteiger partial charge in [-0.05, 0) is 42.5 Å². The van der Waals surface area contributed by atoms with Crippen LogP contribution in [0.5, 0.6) is 17.2 Å². The van der Waals surface area contributed by atoms with Gasteiger partial charge in [0.2, 0.25) is 0 Å². The fourth-order valence-corrected chi connectivity index (χ4v) is 2.13. The minimum absolute atomic E-state index is 0.197. The number of ether oxygens (including phenoxy) is 4. The summed E-state index contributed by atoms with van der Waals surface area (Å²) in [6.45, 7) is 1.49. The monoisotopic (exact) mass is 387 g/mol. The zero-order chi connectivity index (χ0) is 20.5.